The molecule has 1 spiro atoms. The highest BCUT2D eigenvalue weighted by Crippen LogP contribution is 2.73. The van der Waals surface area contributed by atoms with Crippen molar-refractivity contribution < 1.29 is 9.59 Å². The van der Waals surface area contributed by atoms with Gasteiger partial charge in [-0.3, -0.25) is 14.5 Å². The Morgan fingerprint density at radius 2 is 1.55 bits per heavy atom. The van der Waals surface area contributed by atoms with Crippen molar-refractivity contribution in [1.29, 1.82) is 0 Å². The molecular weight excluding hydrogens is 274 g/mol. The molecular formula is C19H19NO2. The van der Waals surface area contributed by atoms with Crippen LogP contribution in [0.4, 0.5) is 5.69 Å². The van der Waals surface area contributed by atoms with E-state index in [1.807, 2.05) is 32.0 Å². The van der Waals surface area contributed by atoms with Crippen LogP contribution >= 0.6 is 0 Å². The van der Waals surface area contributed by atoms with E-state index in [0.29, 0.717) is 11.8 Å². The fraction of sp³-hybridized carbons (Fsp3) is 0.474. The predicted molar refractivity (Wildman–Crippen MR) is 83.2 cm³/mol. The molecule has 1 heterocycles. The first-order valence-electron chi connectivity index (χ1n) is 8.18. The summed E-state index contributed by atoms with van der Waals surface area (Å²) in [6.07, 6.45) is 6.81. The van der Waals surface area contributed by atoms with Crippen LogP contribution in [0.3, 0.4) is 0 Å². The first-order chi connectivity index (χ1) is 10.5. The molecule has 1 saturated heterocycles. The maximum absolute atomic E-state index is 13.0. The molecule has 3 fully saturated rings. The van der Waals surface area contributed by atoms with Crippen molar-refractivity contribution in [2.24, 2.45) is 29.1 Å². The lowest BCUT2D eigenvalue weighted by atomic mass is 9.85. The number of benzene rings is 1. The number of anilines is 1. The van der Waals surface area contributed by atoms with Gasteiger partial charge in [0.05, 0.1) is 17.5 Å². The Balaban J connectivity index is 1.57. The maximum atomic E-state index is 13.0. The van der Waals surface area contributed by atoms with E-state index in [9.17, 15) is 9.59 Å². The molecule has 1 aromatic carbocycles. The quantitative estimate of drug-likeness (QED) is 0.589. The van der Waals surface area contributed by atoms with Crippen LogP contribution in [0.2, 0.25) is 0 Å². The van der Waals surface area contributed by atoms with Gasteiger partial charge in [-0.1, -0.05) is 18.2 Å². The highest BCUT2D eigenvalue weighted by Gasteiger charge is 2.73. The van der Waals surface area contributed by atoms with Crippen LogP contribution in [0.15, 0.2) is 30.4 Å². The van der Waals surface area contributed by atoms with Crippen molar-refractivity contribution >= 4 is 17.5 Å². The number of imide groups is 1. The summed E-state index contributed by atoms with van der Waals surface area (Å²) in [6.45, 7) is 4.07. The molecule has 0 N–H and O–H groups in total. The number of carbonyl (C=O) groups excluding carboxylic acids is 2. The summed E-state index contributed by atoms with van der Waals surface area (Å²) in [5.41, 5.74) is 3.32. The molecule has 112 valence electrons. The van der Waals surface area contributed by atoms with Gasteiger partial charge >= 0.3 is 0 Å². The minimum atomic E-state index is -0.105. The molecule has 2 bridgehead atoms. The van der Waals surface area contributed by atoms with Crippen molar-refractivity contribution in [1.82, 2.24) is 0 Å². The molecule has 3 heteroatoms. The third kappa shape index (κ3) is 1.25. The van der Waals surface area contributed by atoms with Crippen LogP contribution in [-0.4, -0.2) is 11.8 Å². The monoisotopic (exact) mass is 293 g/mol. The van der Waals surface area contributed by atoms with Gasteiger partial charge in [0, 0.05) is 0 Å². The third-order valence-corrected chi connectivity index (χ3v) is 6.60. The fourth-order valence-electron chi connectivity index (χ4n) is 5.20. The van der Waals surface area contributed by atoms with Crippen LogP contribution in [-0.2, 0) is 9.59 Å². The summed E-state index contributed by atoms with van der Waals surface area (Å²) in [6, 6.07) is 5.87. The van der Waals surface area contributed by atoms with Crippen LogP contribution in [0.1, 0.15) is 24.0 Å². The molecule has 3 aliphatic carbocycles. The van der Waals surface area contributed by atoms with Crippen LogP contribution < -0.4 is 4.90 Å². The summed E-state index contributed by atoms with van der Waals surface area (Å²) in [5, 5.41) is 0. The van der Waals surface area contributed by atoms with Gasteiger partial charge in [0.25, 0.3) is 0 Å². The molecule has 2 saturated carbocycles. The molecule has 1 aromatic rings. The Kier molecular flexibility index (Phi) is 2.13. The van der Waals surface area contributed by atoms with E-state index in [1.165, 1.54) is 23.3 Å². The van der Waals surface area contributed by atoms with Crippen molar-refractivity contribution in [3.63, 3.8) is 0 Å². The zero-order valence-corrected chi connectivity index (χ0v) is 12.9. The molecule has 0 unspecified atom stereocenters. The minimum Gasteiger partial charge on any atom is -0.274 e. The zero-order chi connectivity index (χ0) is 15.2. The Labute approximate surface area is 130 Å². The Bertz CT molecular complexity index is 725. The van der Waals surface area contributed by atoms with Gasteiger partial charge in [-0.25, -0.2) is 0 Å². The van der Waals surface area contributed by atoms with E-state index in [2.05, 4.69) is 12.2 Å². The molecule has 4 aliphatic rings. The molecule has 22 heavy (non-hydrogen) atoms. The zero-order valence-electron chi connectivity index (χ0n) is 12.9. The summed E-state index contributed by atoms with van der Waals surface area (Å²) >= 11 is 0. The molecule has 3 nitrogen and oxygen atoms in total. The van der Waals surface area contributed by atoms with Gasteiger partial charge in [0.1, 0.15) is 0 Å². The van der Waals surface area contributed by atoms with Crippen LogP contribution in [0.5, 0.6) is 0 Å². The second-order valence-corrected chi connectivity index (χ2v) is 7.50. The number of nitrogens with zero attached hydrogens (tertiary/aromatic N) is 1. The van der Waals surface area contributed by atoms with Crippen molar-refractivity contribution in [3.8, 4) is 0 Å². The van der Waals surface area contributed by atoms with E-state index in [0.717, 1.165) is 11.3 Å². The average molecular weight is 293 g/mol. The largest absolute Gasteiger partial charge is 0.274 e. The molecule has 0 radical (unpaired) electrons. The minimum absolute atomic E-state index is 0.0291. The summed E-state index contributed by atoms with van der Waals surface area (Å²) in [4.78, 5) is 27.4. The number of hydrogen-bond donors (Lipinski definition) is 0. The van der Waals surface area contributed by atoms with E-state index in [1.54, 1.807) is 0 Å². The van der Waals surface area contributed by atoms with E-state index < -0.39 is 0 Å². The van der Waals surface area contributed by atoms with Crippen molar-refractivity contribution in [2.45, 2.75) is 26.7 Å². The van der Waals surface area contributed by atoms with Gasteiger partial charge < -0.3 is 0 Å². The van der Waals surface area contributed by atoms with E-state index in [-0.39, 0.29) is 29.1 Å². The fourth-order valence-corrected chi connectivity index (χ4v) is 5.20. The topological polar surface area (TPSA) is 37.4 Å². The first-order valence-corrected chi connectivity index (χ1v) is 8.18. The summed E-state index contributed by atoms with van der Waals surface area (Å²) < 4.78 is 0. The van der Waals surface area contributed by atoms with E-state index in [4.69, 9.17) is 0 Å². The van der Waals surface area contributed by atoms with Gasteiger partial charge in [0.2, 0.25) is 11.8 Å². The summed E-state index contributed by atoms with van der Waals surface area (Å²) in [5.74, 6) is 0.451. The molecule has 2 amide bonds. The highest BCUT2D eigenvalue weighted by atomic mass is 16.2. The molecule has 1 aliphatic heterocycles. The Morgan fingerprint density at radius 1 is 0.955 bits per heavy atom. The van der Waals surface area contributed by atoms with Crippen molar-refractivity contribution in [2.75, 3.05) is 4.90 Å². The lowest BCUT2D eigenvalue weighted by molar-refractivity contribution is -0.123. The van der Waals surface area contributed by atoms with Gasteiger partial charge in [-0.15, -0.1) is 0 Å². The van der Waals surface area contributed by atoms with Crippen LogP contribution in [0.25, 0.3) is 0 Å². The number of fused-ring (bicyclic) bond motifs is 3. The Morgan fingerprint density at radius 3 is 2.05 bits per heavy atom. The Hall–Kier alpha value is -1.90. The normalized spacial score (nSPS) is 36.5. The predicted octanol–water partition coefficient (Wildman–Crippen LogP) is 3.01. The van der Waals surface area contributed by atoms with E-state index >= 15 is 0 Å². The lowest BCUT2D eigenvalue weighted by Gasteiger charge is -2.22. The molecule has 5 rings (SSSR count). The second-order valence-electron chi connectivity index (χ2n) is 7.50. The summed E-state index contributed by atoms with van der Waals surface area (Å²) in [7, 11) is 0. The van der Waals surface area contributed by atoms with Crippen LogP contribution in [0, 0.1) is 42.9 Å². The SMILES string of the molecule is Cc1ccc(N2C(=O)[C@H]3[C@H](C2=O)[C@H]2C=C[C@H]3C23CC3)cc1C. The third-order valence-electron chi connectivity index (χ3n) is 6.60. The second kappa shape index (κ2) is 3.70. The lowest BCUT2D eigenvalue weighted by Crippen LogP contribution is -2.34. The number of rotatable bonds is 1. The number of aryl methyl sites for hydroxylation is 2. The van der Waals surface area contributed by atoms with Crippen molar-refractivity contribution in [3.05, 3.63) is 41.5 Å². The molecule has 0 aromatic heterocycles. The highest BCUT2D eigenvalue weighted by molar-refractivity contribution is 6.23. The maximum Gasteiger partial charge on any atom is 0.238 e. The standard InChI is InChI=1S/C19H19NO2/c1-10-3-4-12(9-11(10)2)20-17(21)15-13-5-6-14(16(15)18(20)22)19(13)7-8-19/h3-6,9,13-16H,7-8H2,1-2H3/t13-,14-,15-,16-/m1/s1. The number of allylic oxidation sites excluding steroid dienone is 2. The molecule has 4 atom stereocenters. The number of amides is 2. The first kappa shape index (κ1) is 12.6. The van der Waals surface area contributed by atoms with Gasteiger partial charge in [-0.2, -0.15) is 0 Å². The number of carbonyl (C=O) groups is 2. The van der Waals surface area contributed by atoms with Gasteiger partial charge in [0.15, 0.2) is 0 Å². The van der Waals surface area contributed by atoms with Gasteiger partial charge in [-0.05, 0) is 67.2 Å². The average Bonchev–Trinajstić information content (AvgIpc) is 3.08. The number of hydrogen-bond acceptors (Lipinski definition) is 2. The smallest absolute Gasteiger partial charge is 0.238 e.